The van der Waals surface area contributed by atoms with Crippen molar-refractivity contribution in [3.05, 3.63) is 64.9 Å². The van der Waals surface area contributed by atoms with Crippen LogP contribution in [-0.2, 0) is 22.6 Å². The molecule has 1 aromatic carbocycles. The third kappa shape index (κ3) is 4.60. The normalized spacial score (nSPS) is 13.2. The molecule has 154 valence electrons. The van der Waals surface area contributed by atoms with E-state index < -0.39 is 0 Å². The highest BCUT2D eigenvalue weighted by Crippen LogP contribution is 2.23. The minimum atomic E-state index is -0.0290. The number of aryl methyl sites for hydroxylation is 2. The molecule has 1 aliphatic heterocycles. The van der Waals surface area contributed by atoms with E-state index in [0.717, 1.165) is 41.3 Å². The van der Waals surface area contributed by atoms with Crippen molar-refractivity contribution in [2.75, 3.05) is 11.4 Å². The van der Waals surface area contributed by atoms with Crippen LogP contribution in [0.25, 0.3) is 11.3 Å². The molecule has 1 aliphatic rings. The lowest BCUT2D eigenvalue weighted by atomic mass is 10.1. The first-order valence-corrected chi connectivity index (χ1v) is 10.4. The minimum absolute atomic E-state index is 0.0290. The van der Waals surface area contributed by atoms with Gasteiger partial charge >= 0.3 is 0 Å². The molecule has 30 heavy (non-hydrogen) atoms. The van der Waals surface area contributed by atoms with Gasteiger partial charge in [-0.3, -0.25) is 19.5 Å². The molecule has 0 radical (unpaired) electrons. The topological polar surface area (TPSA) is 68.1 Å². The molecule has 0 fully saturated rings. The molecule has 7 heteroatoms. The Hall–Kier alpha value is -2.99. The van der Waals surface area contributed by atoms with Crippen LogP contribution < -0.4 is 4.90 Å². The third-order valence-corrected chi connectivity index (χ3v) is 5.41. The lowest BCUT2D eigenvalue weighted by Crippen LogP contribution is -2.37. The number of hydrogen-bond donors (Lipinski definition) is 0. The number of hydrogen-bond acceptors (Lipinski definition) is 4. The van der Waals surface area contributed by atoms with E-state index >= 15 is 0 Å². The van der Waals surface area contributed by atoms with Crippen LogP contribution in [0.4, 0.5) is 5.82 Å². The minimum Gasteiger partial charge on any atom is -0.299 e. The Morgan fingerprint density at radius 1 is 1.10 bits per heavy atom. The molecule has 0 N–H and O–H groups in total. The Balaban J connectivity index is 1.32. The summed E-state index contributed by atoms with van der Waals surface area (Å²) in [7, 11) is 0. The average molecular weight is 423 g/mol. The summed E-state index contributed by atoms with van der Waals surface area (Å²) in [5, 5.41) is 5.07. The average Bonchev–Trinajstić information content (AvgIpc) is 3.12. The fraction of sp³-hybridized carbons (Fsp3) is 0.304. The number of aromatic nitrogens is 3. The number of carbonyl (C=O) groups is 2. The first-order valence-electron chi connectivity index (χ1n) is 10.1. The van der Waals surface area contributed by atoms with Gasteiger partial charge in [0.2, 0.25) is 5.91 Å². The van der Waals surface area contributed by atoms with Gasteiger partial charge in [0.15, 0.2) is 0 Å². The van der Waals surface area contributed by atoms with E-state index in [9.17, 15) is 9.59 Å². The summed E-state index contributed by atoms with van der Waals surface area (Å²) in [5.41, 5.74) is 3.47. The maximum Gasteiger partial charge on any atom is 0.228 e. The van der Waals surface area contributed by atoms with Gasteiger partial charge in [-0.05, 0) is 37.1 Å². The number of benzene rings is 1. The Morgan fingerprint density at radius 2 is 1.97 bits per heavy atom. The van der Waals surface area contributed by atoms with Crippen LogP contribution in [0.1, 0.15) is 30.5 Å². The van der Waals surface area contributed by atoms with Gasteiger partial charge in [0, 0.05) is 55.2 Å². The van der Waals surface area contributed by atoms with E-state index in [-0.39, 0.29) is 31.0 Å². The Labute approximate surface area is 180 Å². The molecule has 0 spiro atoms. The zero-order valence-corrected chi connectivity index (χ0v) is 17.6. The number of nitrogens with zero attached hydrogens (tertiary/aromatic N) is 4. The lowest BCUT2D eigenvalue weighted by molar-refractivity contribution is -0.123. The quantitative estimate of drug-likeness (QED) is 0.596. The van der Waals surface area contributed by atoms with Crippen molar-refractivity contribution in [1.82, 2.24) is 14.8 Å². The Morgan fingerprint density at radius 3 is 2.73 bits per heavy atom. The SMILES string of the molecule is Cc1cc2n(n1)CCCN2C(=O)CCC(=O)Cc1ccc(-c2cccc(Cl)c2)nc1. The molecule has 1 amide bonds. The Bertz CT molecular complexity index is 1080. The molecule has 2 aromatic heterocycles. The standard InChI is InChI=1S/C23H23ClN4O2/c1-16-12-22-27(10-3-11-28(22)26-16)23(30)9-7-20(29)13-17-6-8-21(25-15-17)18-4-2-5-19(24)14-18/h2,4-6,8,12,14-15H,3,7,9-11,13H2,1H3. The second-order valence-corrected chi connectivity index (χ2v) is 7.98. The number of ketones is 1. The van der Waals surface area contributed by atoms with Gasteiger partial charge in [-0.15, -0.1) is 0 Å². The maximum absolute atomic E-state index is 12.7. The van der Waals surface area contributed by atoms with E-state index in [1.54, 1.807) is 11.1 Å². The number of carbonyl (C=O) groups excluding carboxylic acids is 2. The van der Waals surface area contributed by atoms with Crippen molar-refractivity contribution in [3.63, 3.8) is 0 Å². The highest BCUT2D eigenvalue weighted by Gasteiger charge is 2.24. The first-order chi connectivity index (χ1) is 14.5. The van der Waals surface area contributed by atoms with Gasteiger partial charge in [0.05, 0.1) is 11.4 Å². The van der Waals surface area contributed by atoms with Gasteiger partial charge in [0.1, 0.15) is 11.6 Å². The fourth-order valence-corrected chi connectivity index (χ4v) is 3.89. The van der Waals surface area contributed by atoms with Crippen LogP contribution in [0.3, 0.4) is 0 Å². The molecule has 0 unspecified atom stereocenters. The van der Waals surface area contributed by atoms with E-state index in [1.165, 1.54) is 0 Å². The third-order valence-electron chi connectivity index (χ3n) is 5.17. The summed E-state index contributed by atoms with van der Waals surface area (Å²) < 4.78 is 1.87. The smallest absolute Gasteiger partial charge is 0.228 e. The van der Waals surface area contributed by atoms with Gasteiger partial charge in [-0.25, -0.2) is 4.68 Å². The molecule has 0 saturated carbocycles. The molecule has 6 nitrogen and oxygen atoms in total. The number of fused-ring (bicyclic) bond motifs is 1. The highest BCUT2D eigenvalue weighted by atomic mass is 35.5. The largest absolute Gasteiger partial charge is 0.299 e. The molecule has 0 bridgehead atoms. The van der Waals surface area contributed by atoms with Crippen molar-refractivity contribution in [2.24, 2.45) is 0 Å². The number of rotatable bonds is 6. The molecule has 3 aromatic rings. The van der Waals surface area contributed by atoms with Crippen LogP contribution in [0, 0.1) is 6.92 Å². The monoisotopic (exact) mass is 422 g/mol. The summed E-state index contributed by atoms with van der Waals surface area (Å²) in [5.74, 6) is 0.831. The van der Waals surface area contributed by atoms with Crippen LogP contribution in [0.2, 0.25) is 5.02 Å². The van der Waals surface area contributed by atoms with Crippen molar-refractivity contribution in [1.29, 1.82) is 0 Å². The lowest BCUT2D eigenvalue weighted by Gasteiger charge is -2.27. The molecular weight excluding hydrogens is 400 g/mol. The van der Waals surface area contributed by atoms with Crippen molar-refractivity contribution in [3.8, 4) is 11.3 Å². The summed E-state index contributed by atoms with van der Waals surface area (Å²) in [6.07, 6.45) is 3.28. The zero-order chi connectivity index (χ0) is 21.1. The van der Waals surface area contributed by atoms with Gasteiger partial charge in [-0.1, -0.05) is 29.8 Å². The zero-order valence-electron chi connectivity index (χ0n) is 16.8. The highest BCUT2D eigenvalue weighted by molar-refractivity contribution is 6.30. The van der Waals surface area contributed by atoms with Crippen molar-refractivity contribution < 1.29 is 9.59 Å². The molecule has 3 heterocycles. The molecule has 4 rings (SSSR count). The summed E-state index contributed by atoms with van der Waals surface area (Å²) >= 11 is 6.03. The van der Waals surface area contributed by atoms with Crippen LogP contribution in [0.5, 0.6) is 0 Å². The predicted molar refractivity (Wildman–Crippen MR) is 117 cm³/mol. The van der Waals surface area contributed by atoms with Crippen molar-refractivity contribution >= 4 is 29.1 Å². The van der Waals surface area contributed by atoms with Gasteiger partial charge in [-0.2, -0.15) is 5.10 Å². The number of anilines is 1. The maximum atomic E-state index is 12.7. The van der Waals surface area contributed by atoms with Crippen molar-refractivity contribution in [2.45, 2.75) is 39.2 Å². The second-order valence-electron chi connectivity index (χ2n) is 7.54. The molecular formula is C23H23ClN4O2. The van der Waals surface area contributed by atoms with E-state index in [4.69, 9.17) is 11.6 Å². The van der Waals surface area contributed by atoms with Crippen LogP contribution in [0.15, 0.2) is 48.7 Å². The van der Waals surface area contributed by atoms with Gasteiger partial charge < -0.3 is 0 Å². The van der Waals surface area contributed by atoms with E-state index in [1.807, 2.05) is 54.1 Å². The first kappa shape index (κ1) is 20.3. The van der Waals surface area contributed by atoms with Gasteiger partial charge in [0.25, 0.3) is 0 Å². The summed E-state index contributed by atoms with van der Waals surface area (Å²) in [6.45, 7) is 3.42. The molecule has 0 aliphatic carbocycles. The van der Waals surface area contributed by atoms with Crippen LogP contribution >= 0.6 is 11.6 Å². The number of Topliss-reactive ketones (excluding diaryl/α,β-unsaturated/α-hetero) is 1. The predicted octanol–water partition coefficient (Wildman–Crippen LogP) is 4.24. The second kappa shape index (κ2) is 8.79. The number of pyridine rings is 1. The van der Waals surface area contributed by atoms with E-state index in [0.29, 0.717) is 11.6 Å². The van der Waals surface area contributed by atoms with E-state index in [2.05, 4.69) is 10.1 Å². The summed E-state index contributed by atoms with van der Waals surface area (Å²) in [4.78, 5) is 31.3. The molecule has 0 saturated heterocycles. The molecule has 0 atom stereocenters. The fourth-order valence-electron chi connectivity index (χ4n) is 3.70. The number of amides is 1. The Kier molecular flexibility index (Phi) is 5.95. The number of halogens is 1. The van der Waals surface area contributed by atoms with Crippen LogP contribution in [-0.4, -0.2) is 33.0 Å². The summed E-state index contributed by atoms with van der Waals surface area (Å²) in [6, 6.07) is 13.2.